The monoisotopic (exact) mass is 564 g/mol. The zero-order chi connectivity index (χ0) is 29.1. The van der Waals surface area contributed by atoms with E-state index in [4.69, 9.17) is 4.74 Å². The van der Waals surface area contributed by atoms with Gasteiger partial charge in [-0.2, -0.15) is 0 Å². The number of fused-ring (bicyclic) bond motifs is 3. The predicted octanol–water partition coefficient (Wildman–Crippen LogP) is 3.62. The lowest BCUT2D eigenvalue weighted by Crippen LogP contribution is -2.63. The Balaban J connectivity index is 1.37. The molecule has 3 amide bonds. The number of nitrogens with one attached hydrogen (secondary N) is 3. The van der Waals surface area contributed by atoms with E-state index in [2.05, 4.69) is 29.1 Å². The van der Waals surface area contributed by atoms with Gasteiger partial charge in [0.1, 0.15) is 17.8 Å². The van der Waals surface area contributed by atoms with Crippen LogP contribution in [0.25, 0.3) is 0 Å². The smallest absolute Gasteiger partial charge is 0.246 e. The van der Waals surface area contributed by atoms with Crippen molar-refractivity contribution in [2.45, 2.75) is 88.9 Å². The number of hydrogen-bond acceptors (Lipinski definition) is 5. The second-order valence-electron chi connectivity index (χ2n) is 12.9. The molecule has 3 aliphatic carbocycles. The van der Waals surface area contributed by atoms with Gasteiger partial charge in [-0.15, -0.1) is 0 Å². The Labute approximate surface area is 245 Å². The van der Waals surface area contributed by atoms with Crippen LogP contribution in [0.2, 0.25) is 0 Å². The van der Waals surface area contributed by atoms with Crippen LogP contribution in [0.15, 0.2) is 48.8 Å². The molecule has 5 rings (SSSR count). The largest absolute Gasteiger partial charge is 0.494 e. The molecule has 2 heterocycles. The highest BCUT2D eigenvalue weighted by atomic mass is 16.5. The van der Waals surface area contributed by atoms with Gasteiger partial charge in [-0.25, -0.2) is 0 Å². The highest BCUT2D eigenvalue weighted by molar-refractivity contribution is 5.93. The lowest BCUT2D eigenvalue weighted by Gasteiger charge is -2.45. The molecule has 8 nitrogen and oxygen atoms in total. The van der Waals surface area contributed by atoms with E-state index >= 15 is 0 Å². The quantitative estimate of drug-likeness (QED) is 0.439. The first-order valence-corrected chi connectivity index (χ1v) is 15.7. The number of nitrogens with zero attached hydrogens (tertiary/aromatic N) is 1. The minimum atomic E-state index is -0.612. The molecule has 0 spiro atoms. The highest BCUT2D eigenvalue weighted by Gasteiger charge is 2.57. The van der Waals surface area contributed by atoms with E-state index in [9.17, 15) is 14.4 Å². The molecule has 3 N–H and O–H groups in total. The Morgan fingerprint density at radius 3 is 2.46 bits per heavy atom. The number of likely N-dealkylation sites (tertiary alicyclic amines) is 1. The molecule has 5 aliphatic rings. The molecule has 4 unspecified atom stereocenters. The van der Waals surface area contributed by atoms with Gasteiger partial charge >= 0.3 is 0 Å². The molecule has 224 valence electrons. The predicted molar refractivity (Wildman–Crippen MR) is 159 cm³/mol. The number of hydrogen-bond donors (Lipinski definition) is 3. The minimum absolute atomic E-state index is 0.0872. The summed E-state index contributed by atoms with van der Waals surface area (Å²) in [4.78, 5) is 43.4. The van der Waals surface area contributed by atoms with E-state index in [1.807, 2.05) is 23.1 Å². The van der Waals surface area contributed by atoms with Gasteiger partial charge < -0.3 is 25.6 Å². The number of likely N-dealkylation sites (N-methyl/N-ethyl adjacent to an activating group) is 1. The fraction of sp³-hybridized carbons (Fsp3) is 0.667. The molecule has 0 aromatic carbocycles. The number of amides is 3. The molecule has 2 aliphatic heterocycles. The third kappa shape index (κ3) is 6.79. The molecule has 8 heteroatoms. The summed E-state index contributed by atoms with van der Waals surface area (Å²) < 4.78 is 5.71. The van der Waals surface area contributed by atoms with Crippen LogP contribution in [0.4, 0.5) is 0 Å². The van der Waals surface area contributed by atoms with Crippen molar-refractivity contribution in [1.82, 2.24) is 20.9 Å². The summed E-state index contributed by atoms with van der Waals surface area (Å²) in [5, 5.41) is 9.34. The summed E-state index contributed by atoms with van der Waals surface area (Å²) in [7, 11) is 1.75. The summed E-state index contributed by atoms with van der Waals surface area (Å²) in [5.74, 6) is 2.61. The molecule has 0 aromatic rings. The summed E-state index contributed by atoms with van der Waals surface area (Å²) in [6.45, 7) is 10.9. The van der Waals surface area contributed by atoms with Gasteiger partial charge in [0.25, 0.3) is 0 Å². The maximum absolute atomic E-state index is 14.5. The number of ether oxygens (including phenoxy) is 1. The molecule has 0 aromatic heterocycles. The van der Waals surface area contributed by atoms with Crippen LogP contribution in [0.5, 0.6) is 0 Å². The van der Waals surface area contributed by atoms with E-state index in [0.29, 0.717) is 49.5 Å². The minimum Gasteiger partial charge on any atom is -0.494 e. The maximum atomic E-state index is 14.5. The summed E-state index contributed by atoms with van der Waals surface area (Å²) in [6, 6.07) is -1.88. The van der Waals surface area contributed by atoms with Crippen LogP contribution in [0.3, 0.4) is 0 Å². The number of carbonyl (C=O) groups is 3. The van der Waals surface area contributed by atoms with Crippen molar-refractivity contribution in [3.63, 3.8) is 0 Å². The van der Waals surface area contributed by atoms with Crippen molar-refractivity contribution < 1.29 is 19.1 Å². The normalized spacial score (nSPS) is 34.7. The van der Waals surface area contributed by atoms with Crippen molar-refractivity contribution in [3.05, 3.63) is 48.8 Å². The molecular weight excluding hydrogens is 516 g/mol. The van der Waals surface area contributed by atoms with Crippen molar-refractivity contribution in [3.8, 4) is 0 Å². The van der Waals surface area contributed by atoms with Crippen molar-refractivity contribution in [2.75, 3.05) is 20.2 Å². The molecule has 1 saturated heterocycles. The SMILES string of the molecule is C=C1/C=C\C=C/C(=C)[C@H](NC(=O)[C@@H]2CC3C4CC4C[C@@H]3CN2C(=O)C(NC(=O)[C@H](C)NC)C2CCCCC2)CCO1. The first-order valence-electron chi connectivity index (χ1n) is 15.7. The number of carbonyl (C=O) groups excluding carboxylic acids is 3. The lowest BCUT2D eigenvalue weighted by molar-refractivity contribution is -0.149. The number of rotatable bonds is 7. The van der Waals surface area contributed by atoms with Crippen molar-refractivity contribution in [1.29, 1.82) is 0 Å². The zero-order valence-electron chi connectivity index (χ0n) is 24.8. The molecule has 4 fully saturated rings. The van der Waals surface area contributed by atoms with Crippen LogP contribution >= 0.6 is 0 Å². The van der Waals surface area contributed by atoms with Gasteiger partial charge in [-0.05, 0) is 87.3 Å². The highest BCUT2D eigenvalue weighted by Crippen LogP contribution is 2.61. The first kappa shape index (κ1) is 29.6. The standard InChI is InChI=1S/C33H48N4O4/c1-20-10-8-9-11-21(2)41-15-14-28(20)35-32(39)29-18-27-25(16-24-17-26(24)27)19-37(29)33(40)30(23-12-6-5-7-13-23)36-31(38)22(3)34-4/h8-11,22-30,34H,1-2,5-7,12-19H2,3-4H3,(H,35,39)(H,36,38)/b10-8-,11-9-/t22-,24?,25+,26?,27?,28+,29-,30?/m0/s1. The Hall–Kier alpha value is -2.87. The van der Waals surface area contributed by atoms with Gasteiger partial charge in [0.05, 0.1) is 18.7 Å². The Kier molecular flexibility index (Phi) is 9.37. The number of piperidine rings is 1. The Bertz CT molecular complexity index is 1090. The van der Waals surface area contributed by atoms with Crippen molar-refractivity contribution in [2.24, 2.45) is 29.6 Å². The lowest BCUT2D eigenvalue weighted by atomic mass is 9.79. The van der Waals surface area contributed by atoms with Crippen LogP contribution in [0, 0.1) is 29.6 Å². The van der Waals surface area contributed by atoms with E-state index in [1.165, 1.54) is 6.42 Å². The molecule has 41 heavy (non-hydrogen) atoms. The fourth-order valence-electron chi connectivity index (χ4n) is 7.68. The van der Waals surface area contributed by atoms with Gasteiger partial charge in [-0.3, -0.25) is 14.4 Å². The molecule has 0 radical (unpaired) electrons. The van der Waals surface area contributed by atoms with E-state index < -0.39 is 18.1 Å². The zero-order valence-corrected chi connectivity index (χ0v) is 24.8. The molecular formula is C33H48N4O4. The third-order valence-electron chi connectivity index (χ3n) is 10.3. The molecule has 0 bridgehead atoms. The fourth-order valence-corrected chi connectivity index (χ4v) is 7.68. The first-order chi connectivity index (χ1) is 19.8. The third-order valence-corrected chi connectivity index (χ3v) is 10.3. The summed E-state index contributed by atoms with van der Waals surface area (Å²) in [6.07, 6.45) is 16.2. The van der Waals surface area contributed by atoms with Crippen LogP contribution < -0.4 is 16.0 Å². The van der Waals surface area contributed by atoms with E-state index in [1.54, 1.807) is 20.0 Å². The maximum Gasteiger partial charge on any atom is 0.246 e. The second kappa shape index (κ2) is 13.0. The van der Waals surface area contributed by atoms with E-state index in [0.717, 1.165) is 50.0 Å². The topological polar surface area (TPSA) is 99.8 Å². The number of allylic oxidation sites excluding steroid dienone is 3. The van der Waals surface area contributed by atoms with Gasteiger partial charge in [0.15, 0.2) is 0 Å². The van der Waals surface area contributed by atoms with Gasteiger partial charge in [0, 0.05) is 13.0 Å². The van der Waals surface area contributed by atoms with Gasteiger partial charge in [0.2, 0.25) is 17.7 Å². The van der Waals surface area contributed by atoms with E-state index in [-0.39, 0.29) is 29.7 Å². The van der Waals surface area contributed by atoms with Crippen LogP contribution in [0.1, 0.15) is 64.7 Å². The van der Waals surface area contributed by atoms with Crippen LogP contribution in [-0.4, -0.2) is 67.0 Å². The molecule has 8 atom stereocenters. The summed E-state index contributed by atoms with van der Waals surface area (Å²) >= 11 is 0. The average Bonchev–Trinajstić information content (AvgIpc) is 3.66. The van der Waals surface area contributed by atoms with Crippen molar-refractivity contribution >= 4 is 17.7 Å². The summed E-state index contributed by atoms with van der Waals surface area (Å²) in [5.41, 5.74) is 0.794. The Morgan fingerprint density at radius 2 is 1.71 bits per heavy atom. The second-order valence-corrected chi connectivity index (χ2v) is 12.9. The van der Waals surface area contributed by atoms with Crippen LogP contribution in [-0.2, 0) is 19.1 Å². The van der Waals surface area contributed by atoms with Gasteiger partial charge in [-0.1, -0.05) is 50.6 Å². The molecule has 3 saturated carbocycles. The Morgan fingerprint density at radius 1 is 0.976 bits per heavy atom. The average molecular weight is 565 g/mol.